The van der Waals surface area contributed by atoms with Crippen LogP contribution >= 0.6 is 0 Å². The van der Waals surface area contributed by atoms with E-state index in [0.29, 0.717) is 6.04 Å². The number of anilines is 1. The van der Waals surface area contributed by atoms with Gasteiger partial charge in [0, 0.05) is 18.3 Å². The van der Waals surface area contributed by atoms with Crippen LogP contribution in [-0.4, -0.2) is 18.6 Å². The van der Waals surface area contributed by atoms with Gasteiger partial charge in [0.1, 0.15) is 0 Å². The summed E-state index contributed by atoms with van der Waals surface area (Å²) in [5.74, 6) is 0. The van der Waals surface area contributed by atoms with Gasteiger partial charge in [-0.1, -0.05) is 19.1 Å². The van der Waals surface area contributed by atoms with E-state index in [-0.39, 0.29) is 6.03 Å². The summed E-state index contributed by atoms with van der Waals surface area (Å²) in [6, 6.07) is 8.21. The lowest BCUT2D eigenvalue weighted by Crippen LogP contribution is -2.41. The SMILES string of the molecule is CCNCc1ccc(NC(=O)NC2CCC2)cc1. The first kappa shape index (κ1) is 12.9. The number of hydrogen-bond donors (Lipinski definition) is 3. The van der Waals surface area contributed by atoms with Gasteiger partial charge < -0.3 is 16.0 Å². The molecule has 1 saturated carbocycles. The fraction of sp³-hybridized carbons (Fsp3) is 0.500. The Bertz CT molecular complexity index is 385. The molecule has 1 aromatic rings. The maximum Gasteiger partial charge on any atom is 0.319 e. The number of benzene rings is 1. The minimum atomic E-state index is -0.0980. The predicted molar refractivity (Wildman–Crippen MR) is 73.6 cm³/mol. The van der Waals surface area contributed by atoms with Crippen LogP contribution in [0.3, 0.4) is 0 Å². The highest BCUT2D eigenvalue weighted by Gasteiger charge is 2.19. The second-order valence-electron chi connectivity index (χ2n) is 4.70. The summed E-state index contributed by atoms with van der Waals surface area (Å²) in [5, 5.41) is 9.07. The summed E-state index contributed by atoms with van der Waals surface area (Å²) in [6.45, 7) is 3.91. The molecule has 0 aliphatic heterocycles. The highest BCUT2D eigenvalue weighted by molar-refractivity contribution is 5.89. The average molecular weight is 247 g/mol. The fourth-order valence-corrected chi connectivity index (χ4v) is 1.88. The average Bonchev–Trinajstić information content (AvgIpc) is 2.33. The zero-order valence-electron chi connectivity index (χ0n) is 10.8. The van der Waals surface area contributed by atoms with Gasteiger partial charge in [-0.05, 0) is 43.5 Å². The maximum absolute atomic E-state index is 11.6. The number of nitrogens with one attached hydrogen (secondary N) is 3. The van der Waals surface area contributed by atoms with Gasteiger partial charge in [0.05, 0.1) is 0 Å². The molecule has 0 atom stereocenters. The summed E-state index contributed by atoms with van der Waals surface area (Å²) < 4.78 is 0. The second kappa shape index (κ2) is 6.40. The van der Waals surface area contributed by atoms with E-state index >= 15 is 0 Å². The molecule has 1 aliphatic rings. The van der Waals surface area contributed by atoms with Crippen molar-refractivity contribution in [3.8, 4) is 0 Å². The summed E-state index contributed by atoms with van der Waals surface area (Å²) in [4.78, 5) is 11.6. The van der Waals surface area contributed by atoms with E-state index in [0.717, 1.165) is 31.6 Å². The van der Waals surface area contributed by atoms with Crippen molar-refractivity contribution in [2.24, 2.45) is 0 Å². The first-order valence-corrected chi connectivity index (χ1v) is 6.65. The first-order valence-electron chi connectivity index (χ1n) is 6.65. The smallest absolute Gasteiger partial charge is 0.319 e. The lowest BCUT2D eigenvalue weighted by Gasteiger charge is -2.26. The number of rotatable bonds is 5. The first-order chi connectivity index (χ1) is 8.78. The normalized spacial score (nSPS) is 14.9. The van der Waals surface area contributed by atoms with Gasteiger partial charge in [0.25, 0.3) is 0 Å². The van der Waals surface area contributed by atoms with Gasteiger partial charge in [0.15, 0.2) is 0 Å². The number of urea groups is 1. The van der Waals surface area contributed by atoms with Crippen LogP contribution in [-0.2, 0) is 6.54 Å². The molecule has 3 N–H and O–H groups in total. The van der Waals surface area contributed by atoms with E-state index in [1.165, 1.54) is 12.0 Å². The number of carbonyl (C=O) groups excluding carboxylic acids is 1. The Hall–Kier alpha value is -1.55. The minimum absolute atomic E-state index is 0.0980. The molecule has 4 nitrogen and oxygen atoms in total. The third-order valence-corrected chi connectivity index (χ3v) is 3.23. The van der Waals surface area contributed by atoms with Crippen LogP contribution < -0.4 is 16.0 Å². The Kier molecular flexibility index (Phi) is 4.59. The van der Waals surface area contributed by atoms with Crippen molar-refractivity contribution < 1.29 is 4.79 Å². The maximum atomic E-state index is 11.6. The second-order valence-corrected chi connectivity index (χ2v) is 4.70. The lowest BCUT2D eigenvalue weighted by atomic mass is 9.93. The van der Waals surface area contributed by atoms with E-state index in [1.807, 2.05) is 24.3 Å². The van der Waals surface area contributed by atoms with Crippen LogP contribution in [0.2, 0.25) is 0 Å². The molecule has 0 heterocycles. The molecule has 0 radical (unpaired) electrons. The van der Waals surface area contributed by atoms with Crippen LogP contribution in [0, 0.1) is 0 Å². The number of hydrogen-bond acceptors (Lipinski definition) is 2. The van der Waals surface area contributed by atoms with Crippen molar-refractivity contribution in [3.05, 3.63) is 29.8 Å². The van der Waals surface area contributed by atoms with Crippen LogP contribution in [0.5, 0.6) is 0 Å². The van der Waals surface area contributed by atoms with Gasteiger partial charge in [-0.25, -0.2) is 4.79 Å². The van der Waals surface area contributed by atoms with Crippen molar-refractivity contribution >= 4 is 11.7 Å². The standard InChI is InChI=1S/C14H21N3O/c1-2-15-10-11-6-8-13(9-7-11)17-14(18)16-12-4-3-5-12/h6-9,12,15H,2-5,10H2,1H3,(H2,16,17,18). The molecule has 2 rings (SSSR count). The van der Waals surface area contributed by atoms with E-state index in [2.05, 4.69) is 22.9 Å². The Labute approximate surface area is 108 Å². The highest BCUT2D eigenvalue weighted by Crippen LogP contribution is 2.18. The van der Waals surface area contributed by atoms with E-state index in [4.69, 9.17) is 0 Å². The molecule has 0 unspecified atom stereocenters. The molecule has 1 aromatic carbocycles. The van der Waals surface area contributed by atoms with Gasteiger partial charge in [-0.2, -0.15) is 0 Å². The largest absolute Gasteiger partial charge is 0.335 e. The molecule has 0 bridgehead atoms. The monoisotopic (exact) mass is 247 g/mol. The Morgan fingerprint density at radius 1 is 1.28 bits per heavy atom. The third-order valence-electron chi connectivity index (χ3n) is 3.23. The molecule has 98 valence electrons. The molecule has 0 spiro atoms. The zero-order valence-corrected chi connectivity index (χ0v) is 10.8. The molecular formula is C14H21N3O. The quantitative estimate of drug-likeness (QED) is 0.748. The third kappa shape index (κ3) is 3.74. The van der Waals surface area contributed by atoms with Gasteiger partial charge in [-0.3, -0.25) is 0 Å². The Balaban J connectivity index is 1.79. The summed E-state index contributed by atoms with van der Waals surface area (Å²) in [5.41, 5.74) is 2.06. The molecule has 18 heavy (non-hydrogen) atoms. The summed E-state index contributed by atoms with van der Waals surface area (Å²) in [7, 11) is 0. The molecule has 1 fully saturated rings. The van der Waals surface area contributed by atoms with E-state index in [9.17, 15) is 4.79 Å². The number of amides is 2. The zero-order chi connectivity index (χ0) is 12.8. The molecule has 0 saturated heterocycles. The molecule has 1 aliphatic carbocycles. The van der Waals surface area contributed by atoms with E-state index < -0.39 is 0 Å². The van der Waals surface area contributed by atoms with E-state index in [1.54, 1.807) is 0 Å². The summed E-state index contributed by atoms with van der Waals surface area (Å²) in [6.07, 6.45) is 3.44. The number of carbonyl (C=O) groups is 1. The van der Waals surface area contributed by atoms with Crippen molar-refractivity contribution in [2.45, 2.75) is 38.8 Å². The molecule has 4 heteroatoms. The topological polar surface area (TPSA) is 53.2 Å². The van der Waals surface area contributed by atoms with Crippen molar-refractivity contribution in [2.75, 3.05) is 11.9 Å². The predicted octanol–water partition coefficient (Wildman–Crippen LogP) is 2.47. The van der Waals surface area contributed by atoms with Gasteiger partial charge in [0.2, 0.25) is 0 Å². The summed E-state index contributed by atoms with van der Waals surface area (Å²) >= 11 is 0. The van der Waals surface area contributed by atoms with Crippen LogP contribution in [0.1, 0.15) is 31.7 Å². The van der Waals surface area contributed by atoms with Crippen molar-refractivity contribution in [3.63, 3.8) is 0 Å². The fourth-order valence-electron chi connectivity index (χ4n) is 1.88. The van der Waals surface area contributed by atoms with Gasteiger partial charge >= 0.3 is 6.03 Å². The van der Waals surface area contributed by atoms with Crippen LogP contribution in [0.25, 0.3) is 0 Å². The van der Waals surface area contributed by atoms with Gasteiger partial charge in [-0.15, -0.1) is 0 Å². The molecule has 0 aromatic heterocycles. The van der Waals surface area contributed by atoms with Crippen molar-refractivity contribution in [1.82, 2.24) is 10.6 Å². The van der Waals surface area contributed by atoms with Crippen LogP contribution in [0.15, 0.2) is 24.3 Å². The lowest BCUT2D eigenvalue weighted by molar-refractivity contribution is 0.240. The molecule has 2 amide bonds. The van der Waals surface area contributed by atoms with Crippen LogP contribution in [0.4, 0.5) is 10.5 Å². The van der Waals surface area contributed by atoms with Crippen molar-refractivity contribution in [1.29, 1.82) is 0 Å². The Morgan fingerprint density at radius 3 is 2.56 bits per heavy atom. The molecular weight excluding hydrogens is 226 g/mol. The highest BCUT2D eigenvalue weighted by atomic mass is 16.2. The minimum Gasteiger partial charge on any atom is -0.335 e. The Morgan fingerprint density at radius 2 is 2.00 bits per heavy atom.